The summed E-state index contributed by atoms with van der Waals surface area (Å²) in [4.78, 5) is 12.5. The van der Waals surface area contributed by atoms with Gasteiger partial charge < -0.3 is 10.6 Å². The first-order chi connectivity index (χ1) is 9.26. The van der Waals surface area contributed by atoms with Gasteiger partial charge in [0.2, 0.25) is 5.91 Å². The Kier molecular flexibility index (Phi) is 7.01. The van der Waals surface area contributed by atoms with Gasteiger partial charge in [-0.25, -0.2) is 0 Å². The molecule has 0 aromatic carbocycles. The highest BCUT2D eigenvalue weighted by molar-refractivity contribution is 9.09. The van der Waals surface area contributed by atoms with Crippen molar-refractivity contribution >= 4 is 45.4 Å². The van der Waals surface area contributed by atoms with Crippen molar-refractivity contribution < 1.29 is 4.79 Å². The van der Waals surface area contributed by atoms with E-state index in [0.717, 1.165) is 5.70 Å². The molecule has 0 aromatic heterocycles. The Labute approximate surface area is 138 Å². The number of thioether (sulfide) groups is 2. The van der Waals surface area contributed by atoms with Crippen molar-refractivity contribution in [1.82, 2.24) is 10.6 Å². The molecule has 0 aliphatic carbocycles. The maximum atomic E-state index is 11.8. The number of amides is 1. The zero-order valence-corrected chi connectivity index (χ0v) is 15.8. The molecule has 0 radical (unpaired) electrons. The summed E-state index contributed by atoms with van der Waals surface area (Å²) < 4.78 is 0. The van der Waals surface area contributed by atoms with Crippen molar-refractivity contribution in [2.75, 3.05) is 5.33 Å². The molecule has 1 amide bonds. The first-order valence-electron chi connectivity index (χ1n) is 6.67. The first-order valence-corrected chi connectivity index (χ1v) is 9.55. The molecule has 1 aliphatic rings. The molecule has 1 heterocycles. The van der Waals surface area contributed by atoms with E-state index in [1.54, 1.807) is 11.8 Å². The van der Waals surface area contributed by atoms with Crippen LogP contribution >= 0.6 is 39.5 Å². The van der Waals surface area contributed by atoms with Crippen molar-refractivity contribution in [3.05, 3.63) is 22.8 Å². The van der Waals surface area contributed by atoms with Gasteiger partial charge in [0.05, 0.1) is 5.33 Å². The SMILES string of the molecule is CC1=CC(SC(C)C)=CC(NC(=O)CBr)(SC(C)C)N1. The molecule has 1 rings (SSSR count). The normalized spacial score (nSPS) is 22.4. The number of hydrogen-bond acceptors (Lipinski definition) is 4. The lowest BCUT2D eigenvalue weighted by atomic mass is 10.2. The number of dihydropyridines is 1. The Bertz CT molecular complexity index is 421. The van der Waals surface area contributed by atoms with Crippen LogP contribution in [0, 0.1) is 0 Å². The van der Waals surface area contributed by atoms with Gasteiger partial charge in [-0.2, -0.15) is 0 Å². The second-order valence-corrected chi connectivity index (χ2v) is 9.28. The molecule has 0 saturated heterocycles. The molecular weight excluding hydrogens is 356 g/mol. The van der Waals surface area contributed by atoms with E-state index in [9.17, 15) is 4.79 Å². The van der Waals surface area contributed by atoms with E-state index in [4.69, 9.17) is 0 Å². The quantitative estimate of drug-likeness (QED) is 0.544. The van der Waals surface area contributed by atoms with E-state index < -0.39 is 4.99 Å². The third-order valence-corrected chi connectivity index (χ3v) is 4.98. The molecule has 1 atom stereocenters. The van der Waals surface area contributed by atoms with Crippen LogP contribution in [0.25, 0.3) is 0 Å². The van der Waals surface area contributed by atoms with Crippen molar-refractivity contribution in [1.29, 1.82) is 0 Å². The van der Waals surface area contributed by atoms with Gasteiger partial charge >= 0.3 is 0 Å². The van der Waals surface area contributed by atoms with Crippen LogP contribution in [0.5, 0.6) is 0 Å². The second-order valence-electron chi connectivity index (χ2n) is 5.25. The molecule has 1 aliphatic heterocycles. The summed E-state index contributed by atoms with van der Waals surface area (Å²) >= 11 is 6.73. The zero-order chi connectivity index (χ0) is 15.3. The minimum Gasteiger partial charge on any atom is -0.355 e. The third kappa shape index (κ3) is 5.74. The molecule has 114 valence electrons. The topological polar surface area (TPSA) is 41.1 Å². The molecule has 3 nitrogen and oxygen atoms in total. The predicted molar refractivity (Wildman–Crippen MR) is 95.1 cm³/mol. The standard InChI is InChI=1S/C14H23BrN2OS2/c1-9(2)19-12-6-11(5)16-14(7-12,20-10(3)4)17-13(18)8-15/h6-7,9-10,16H,8H2,1-5H3,(H,17,18). The number of halogens is 1. The van der Waals surface area contributed by atoms with Gasteiger partial charge in [-0.05, 0) is 19.1 Å². The molecule has 0 spiro atoms. The van der Waals surface area contributed by atoms with Gasteiger partial charge in [-0.15, -0.1) is 23.5 Å². The van der Waals surface area contributed by atoms with Gasteiger partial charge in [-0.1, -0.05) is 43.6 Å². The summed E-state index contributed by atoms with van der Waals surface area (Å²) in [6.45, 7) is 10.6. The van der Waals surface area contributed by atoms with Crippen molar-refractivity contribution in [3.63, 3.8) is 0 Å². The number of carbonyl (C=O) groups is 1. The van der Waals surface area contributed by atoms with Gasteiger partial charge in [0.25, 0.3) is 0 Å². The van der Waals surface area contributed by atoms with Crippen LogP contribution in [0.3, 0.4) is 0 Å². The fourth-order valence-electron chi connectivity index (χ4n) is 1.93. The van der Waals surface area contributed by atoms with Gasteiger partial charge in [0.1, 0.15) is 0 Å². The van der Waals surface area contributed by atoms with E-state index in [0.29, 0.717) is 15.8 Å². The molecule has 20 heavy (non-hydrogen) atoms. The van der Waals surface area contributed by atoms with E-state index in [2.05, 4.69) is 66.4 Å². The fraction of sp³-hybridized carbons (Fsp3) is 0.643. The molecule has 0 fully saturated rings. The molecular formula is C14H23BrN2OS2. The third-order valence-electron chi connectivity index (χ3n) is 2.33. The van der Waals surface area contributed by atoms with Crippen LogP contribution in [0.1, 0.15) is 34.6 Å². The van der Waals surface area contributed by atoms with Gasteiger partial charge in [-0.3, -0.25) is 4.79 Å². The summed E-state index contributed by atoms with van der Waals surface area (Å²) in [6.07, 6.45) is 4.25. The van der Waals surface area contributed by atoms with Gasteiger partial charge in [0, 0.05) is 21.1 Å². The van der Waals surface area contributed by atoms with Crippen LogP contribution in [0.4, 0.5) is 0 Å². The molecule has 0 aromatic rings. The number of rotatable bonds is 6. The van der Waals surface area contributed by atoms with Crippen LogP contribution in [0.2, 0.25) is 0 Å². The van der Waals surface area contributed by atoms with E-state index in [-0.39, 0.29) is 5.91 Å². The predicted octanol–water partition coefficient (Wildman–Crippen LogP) is 3.83. The lowest BCUT2D eigenvalue weighted by molar-refractivity contribution is -0.119. The summed E-state index contributed by atoms with van der Waals surface area (Å²) in [5.74, 6) is -0.0227. The Morgan fingerprint density at radius 1 is 1.40 bits per heavy atom. The summed E-state index contributed by atoms with van der Waals surface area (Å²) in [6, 6.07) is 0. The average molecular weight is 379 g/mol. The number of carbonyl (C=O) groups excluding carboxylic acids is 1. The first kappa shape index (κ1) is 18.0. The van der Waals surface area contributed by atoms with Crippen LogP contribution in [0.15, 0.2) is 22.8 Å². The molecule has 1 unspecified atom stereocenters. The van der Waals surface area contributed by atoms with E-state index in [1.165, 1.54) is 4.91 Å². The van der Waals surface area contributed by atoms with Crippen molar-refractivity contribution in [2.24, 2.45) is 0 Å². The van der Waals surface area contributed by atoms with Crippen LogP contribution < -0.4 is 10.6 Å². The largest absolute Gasteiger partial charge is 0.355 e. The molecule has 2 N–H and O–H groups in total. The average Bonchev–Trinajstić information content (AvgIpc) is 2.24. The summed E-state index contributed by atoms with van der Waals surface area (Å²) in [7, 11) is 0. The minimum absolute atomic E-state index is 0.0227. The zero-order valence-electron chi connectivity index (χ0n) is 12.6. The number of nitrogens with one attached hydrogen (secondary N) is 2. The molecule has 0 bridgehead atoms. The van der Waals surface area contributed by atoms with Crippen LogP contribution in [-0.2, 0) is 4.79 Å². The highest BCUT2D eigenvalue weighted by Crippen LogP contribution is 2.35. The summed E-state index contributed by atoms with van der Waals surface area (Å²) in [5, 5.41) is 7.70. The maximum Gasteiger partial charge on any atom is 0.233 e. The highest BCUT2D eigenvalue weighted by Gasteiger charge is 2.34. The van der Waals surface area contributed by atoms with Crippen LogP contribution in [-0.4, -0.2) is 26.7 Å². The summed E-state index contributed by atoms with van der Waals surface area (Å²) in [5.41, 5.74) is 1.07. The molecule has 0 saturated carbocycles. The highest BCUT2D eigenvalue weighted by atomic mass is 79.9. The number of allylic oxidation sites excluding steroid dienone is 2. The smallest absolute Gasteiger partial charge is 0.233 e. The lowest BCUT2D eigenvalue weighted by Gasteiger charge is -2.37. The second kappa shape index (κ2) is 7.80. The molecule has 6 heteroatoms. The number of alkyl halides is 1. The fourth-order valence-corrected chi connectivity index (χ4v) is 4.51. The number of hydrogen-bond donors (Lipinski definition) is 2. The van der Waals surface area contributed by atoms with E-state index >= 15 is 0 Å². The van der Waals surface area contributed by atoms with Gasteiger partial charge in [0.15, 0.2) is 4.99 Å². The Hall–Kier alpha value is -0.0700. The van der Waals surface area contributed by atoms with E-state index in [1.807, 2.05) is 18.7 Å². The Balaban J connectivity index is 3.05. The lowest BCUT2D eigenvalue weighted by Crippen LogP contribution is -2.56. The minimum atomic E-state index is -0.560. The monoisotopic (exact) mass is 378 g/mol. The van der Waals surface area contributed by atoms with Crippen molar-refractivity contribution in [2.45, 2.75) is 50.1 Å². The maximum absolute atomic E-state index is 11.8. The van der Waals surface area contributed by atoms with Crippen molar-refractivity contribution in [3.8, 4) is 0 Å². The Morgan fingerprint density at radius 3 is 2.55 bits per heavy atom. The Morgan fingerprint density at radius 2 is 2.05 bits per heavy atom.